The first-order valence-corrected chi connectivity index (χ1v) is 11.2. The summed E-state index contributed by atoms with van der Waals surface area (Å²) in [7, 11) is 0. The molecule has 1 fully saturated rings. The maximum atomic E-state index is 12.4. The Kier molecular flexibility index (Phi) is 8.02. The summed E-state index contributed by atoms with van der Waals surface area (Å²) in [5.41, 5.74) is 2.87. The van der Waals surface area contributed by atoms with E-state index in [0.717, 1.165) is 30.6 Å². The van der Waals surface area contributed by atoms with Crippen molar-refractivity contribution in [3.05, 3.63) is 59.7 Å². The fourth-order valence-electron chi connectivity index (χ4n) is 4.09. The lowest BCUT2D eigenvalue weighted by atomic mass is 9.78. The van der Waals surface area contributed by atoms with Gasteiger partial charge < -0.3 is 4.74 Å². The van der Waals surface area contributed by atoms with Gasteiger partial charge >= 0.3 is 5.97 Å². The van der Waals surface area contributed by atoms with E-state index < -0.39 is 0 Å². The molecule has 2 aromatic carbocycles. The normalized spacial score (nSPS) is 19.4. The van der Waals surface area contributed by atoms with Crippen molar-refractivity contribution in [1.82, 2.24) is 0 Å². The highest BCUT2D eigenvalue weighted by atomic mass is 32.1. The molecule has 0 spiro atoms. The summed E-state index contributed by atoms with van der Waals surface area (Å²) in [6, 6.07) is 16.5. The van der Waals surface area contributed by atoms with Gasteiger partial charge in [-0.15, -0.1) is 12.6 Å². The lowest BCUT2D eigenvalue weighted by Gasteiger charge is -2.27. The highest BCUT2D eigenvalue weighted by Gasteiger charge is 2.28. The number of rotatable bonds is 8. The summed E-state index contributed by atoms with van der Waals surface area (Å²) in [6.07, 6.45) is 10.4. The molecule has 0 aromatic heterocycles. The molecule has 0 atom stereocenters. The van der Waals surface area contributed by atoms with Crippen molar-refractivity contribution in [2.24, 2.45) is 5.92 Å². The van der Waals surface area contributed by atoms with Gasteiger partial charge in [0.1, 0.15) is 5.75 Å². The van der Waals surface area contributed by atoms with Crippen LogP contribution in [0.3, 0.4) is 0 Å². The molecule has 2 aromatic rings. The van der Waals surface area contributed by atoms with Crippen LogP contribution in [0.25, 0.3) is 0 Å². The van der Waals surface area contributed by atoms with Gasteiger partial charge in [0.25, 0.3) is 0 Å². The maximum absolute atomic E-state index is 12.4. The van der Waals surface area contributed by atoms with Crippen LogP contribution in [0.5, 0.6) is 5.75 Å². The number of carbonyl (C=O) groups excluding carboxylic acids is 1. The van der Waals surface area contributed by atoms with Crippen molar-refractivity contribution in [3.63, 3.8) is 0 Å². The average Bonchev–Trinajstić information content (AvgIpc) is 2.73. The van der Waals surface area contributed by atoms with Crippen molar-refractivity contribution in [2.75, 3.05) is 0 Å². The van der Waals surface area contributed by atoms with Gasteiger partial charge in [0.05, 0.1) is 5.92 Å². The summed E-state index contributed by atoms with van der Waals surface area (Å²) in [5, 5.41) is 0. The zero-order valence-electron chi connectivity index (χ0n) is 16.9. The van der Waals surface area contributed by atoms with Gasteiger partial charge in [-0.25, -0.2) is 0 Å². The molecular weight excluding hydrogens is 364 g/mol. The number of aryl methyl sites for hydroxylation is 1. The Bertz CT molecular complexity index is 728. The van der Waals surface area contributed by atoms with E-state index in [2.05, 4.69) is 43.8 Å². The fourth-order valence-corrected chi connectivity index (χ4v) is 4.24. The smallest absolute Gasteiger partial charge is 0.314 e. The summed E-state index contributed by atoms with van der Waals surface area (Å²) in [5.74, 6) is 1.11. The van der Waals surface area contributed by atoms with E-state index >= 15 is 0 Å². The van der Waals surface area contributed by atoms with Crippen molar-refractivity contribution >= 4 is 18.6 Å². The Morgan fingerprint density at radius 2 is 1.61 bits per heavy atom. The van der Waals surface area contributed by atoms with Crippen LogP contribution in [0.4, 0.5) is 0 Å². The van der Waals surface area contributed by atoms with Crippen LogP contribution >= 0.6 is 12.6 Å². The maximum Gasteiger partial charge on any atom is 0.314 e. The van der Waals surface area contributed by atoms with E-state index in [1.165, 1.54) is 43.2 Å². The largest absolute Gasteiger partial charge is 0.426 e. The number of unbranched alkanes of at least 4 members (excludes halogenated alkanes) is 3. The molecule has 0 amide bonds. The van der Waals surface area contributed by atoms with Crippen LogP contribution in [-0.2, 0) is 11.2 Å². The third-order valence-corrected chi connectivity index (χ3v) is 6.18. The van der Waals surface area contributed by atoms with Crippen LogP contribution in [-0.4, -0.2) is 5.97 Å². The van der Waals surface area contributed by atoms with Gasteiger partial charge in [0.15, 0.2) is 0 Å². The summed E-state index contributed by atoms with van der Waals surface area (Å²) < 4.78 is 5.55. The Morgan fingerprint density at radius 1 is 0.929 bits per heavy atom. The molecule has 0 radical (unpaired) electrons. The number of hydrogen-bond donors (Lipinski definition) is 1. The Morgan fingerprint density at radius 3 is 2.25 bits per heavy atom. The lowest BCUT2D eigenvalue weighted by Crippen LogP contribution is -2.25. The standard InChI is InChI=1S/C25H32O2S/c1-2-3-4-5-6-19-7-9-20(10-8-19)21-11-13-22(14-12-21)25(26)27-23-15-17-24(28)18-16-23/h7-10,15-18,21-22,28H,2-6,11-14H2,1H3. The molecule has 28 heavy (non-hydrogen) atoms. The zero-order chi connectivity index (χ0) is 19.8. The molecule has 3 rings (SSSR count). The molecule has 0 aliphatic heterocycles. The first-order chi connectivity index (χ1) is 13.7. The zero-order valence-corrected chi connectivity index (χ0v) is 17.8. The second kappa shape index (κ2) is 10.7. The van der Waals surface area contributed by atoms with Gasteiger partial charge in [0, 0.05) is 4.90 Å². The van der Waals surface area contributed by atoms with Crippen molar-refractivity contribution < 1.29 is 9.53 Å². The van der Waals surface area contributed by atoms with Crippen LogP contribution in [0.1, 0.15) is 75.3 Å². The predicted octanol–water partition coefficient (Wildman–Crippen LogP) is 6.98. The van der Waals surface area contributed by atoms with Crippen LogP contribution in [0.2, 0.25) is 0 Å². The van der Waals surface area contributed by atoms with Crippen LogP contribution in [0, 0.1) is 5.92 Å². The van der Waals surface area contributed by atoms with Crippen LogP contribution in [0.15, 0.2) is 53.4 Å². The molecule has 0 N–H and O–H groups in total. The minimum Gasteiger partial charge on any atom is -0.426 e. The van der Waals surface area contributed by atoms with Gasteiger partial charge in [-0.1, -0.05) is 50.5 Å². The van der Waals surface area contributed by atoms with E-state index in [-0.39, 0.29) is 11.9 Å². The number of hydrogen-bond acceptors (Lipinski definition) is 3. The molecule has 0 unspecified atom stereocenters. The van der Waals surface area contributed by atoms with Gasteiger partial charge in [-0.2, -0.15) is 0 Å². The molecule has 0 heterocycles. The monoisotopic (exact) mass is 396 g/mol. The number of thiol groups is 1. The highest BCUT2D eigenvalue weighted by Crippen LogP contribution is 2.36. The van der Waals surface area contributed by atoms with E-state index in [1.807, 2.05) is 12.1 Å². The third kappa shape index (κ3) is 6.13. The van der Waals surface area contributed by atoms with E-state index in [1.54, 1.807) is 12.1 Å². The Balaban J connectivity index is 1.45. The van der Waals surface area contributed by atoms with Crippen LogP contribution < -0.4 is 4.74 Å². The Hall–Kier alpha value is -1.74. The molecular formula is C25H32O2S. The molecule has 150 valence electrons. The molecule has 1 aliphatic carbocycles. The first kappa shape index (κ1) is 21.0. The molecule has 1 aliphatic rings. The van der Waals surface area contributed by atoms with Gasteiger partial charge in [-0.05, 0) is 79.8 Å². The second-order valence-corrected chi connectivity index (χ2v) is 8.53. The van der Waals surface area contributed by atoms with Crippen molar-refractivity contribution in [3.8, 4) is 5.75 Å². The first-order valence-electron chi connectivity index (χ1n) is 10.7. The fraction of sp³-hybridized carbons (Fsp3) is 0.480. The predicted molar refractivity (Wildman–Crippen MR) is 118 cm³/mol. The van der Waals surface area contributed by atoms with Crippen molar-refractivity contribution in [2.45, 2.75) is 75.5 Å². The topological polar surface area (TPSA) is 26.3 Å². The molecule has 3 heteroatoms. The number of ether oxygens (including phenoxy) is 1. The summed E-state index contributed by atoms with van der Waals surface area (Å²) in [4.78, 5) is 13.3. The van der Waals surface area contributed by atoms with E-state index in [0.29, 0.717) is 11.7 Å². The number of benzene rings is 2. The highest BCUT2D eigenvalue weighted by molar-refractivity contribution is 7.80. The molecule has 2 nitrogen and oxygen atoms in total. The number of carbonyl (C=O) groups is 1. The summed E-state index contributed by atoms with van der Waals surface area (Å²) in [6.45, 7) is 2.25. The molecule has 1 saturated carbocycles. The van der Waals surface area contributed by atoms with Gasteiger partial charge in [0.2, 0.25) is 0 Å². The SMILES string of the molecule is CCCCCCc1ccc(C2CCC(C(=O)Oc3ccc(S)cc3)CC2)cc1. The molecule has 0 bridgehead atoms. The minimum atomic E-state index is -0.0900. The van der Waals surface area contributed by atoms with E-state index in [9.17, 15) is 4.79 Å². The second-order valence-electron chi connectivity index (χ2n) is 8.02. The Labute approximate surface area is 175 Å². The van der Waals surface area contributed by atoms with Crippen molar-refractivity contribution in [1.29, 1.82) is 0 Å². The number of esters is 1. The van der Waals surface area contributed by atoms with E-state index in [4.69, 9.17) is 4.74 Å². The average molecular weight is 397 g/mol. The van der Waals surface area contributed by atoms with Gasteiger partial charge in [-0.3, -0.25) is 4.79 Å². The molecule has 0 saturated heterocycles. The summed E-state index contributed by atoms with van der Waals surface area (Å²) >= 11 is 4.26. The third-order valence-electron chi connectivity index (χ3n) is 5.89. The lowest BCUT2D eigenvalue weighted by molar-refractivity contribution is -0.140. The minimum absolute atomic E-state index is 0.0183. The quantitative estimate of drug-likeness (QED) is 0.225.